The Hall–Kier alpha value is -1.29. The van der Waals surface area contributed by atoms with Gasteiger partial charge in [0.2, 0.25) is 5.91 Å². The van der Waals surface area contributed by atoms with Gasteiger partial charge in [0, 0.05) is 31.9 Å². The Balaban J connectivity index is 1.62. The summed E-state index contributed by atoms with van der Waals surface area (Å²) in [6.45, 7) is 3.21. The summed E-state index contributed by atoms with van der Waals surface area (Å²) in [6.07, 6.45) is 7.41. The zero-order valence-electron chi connectivity index (χ0n) is 13.3. The highest BCUT2D eigenvalue weighted by molar-refractivity contribution is 5.77. The molecule has 0 N–H and O–H groups in total. The van der Waals surface area contributed by atoms with E-state index >= 15 is 0 Å². The Morgan fingerprint density at radius 3 is 2.62 bits per heavy atom. The van der Waals surface area contributed by atoms with E-state index in [0.29, 0.717) is 17.9 Å². The van der Waals surface area contributed by atoms with Crippen LogP contribution in [0.4, 0.5) is 0 Å². The summed E-state index contributed by atoms with van der Waals surface area (Å²) in [4.78, 5) is 17.2. The number of rotatable bonds is 3. The summed E-state index contributed by atoms with van der Waals surface area (Å²) < 4.78 is 2.16. The molecule has 3 rings (SSSR count). The fourth-order valence-corrected chi connectivity index (χ4v) is 3.82. The molecule has 0 aromatic carbocycles. The lowest BCUT2D eigenvalue weighted by atomic mass is 9.93. The van der Waals surface area contributed by atoms with Crippen molar-refractivity contribution in [2.45, 2.75) is 38.1 Å². The van der Waals surface area contributed by atoms with Crippen LogP contribution < -0.4 is 0 Å². The second-order valence-corrected chi connectivity index (χ2v) is 6.74. The maximum atomic E-state index is 12.7. The van der Waals surface area contributed by atoms with Gasteiger partial charge in [0.15, 0.2) is 0 Å². The molecule has 21 heavy (non-hydrogen) atoms. The number of aryl methyl sites for hydroxylation is 1. The number of hydrogen-bond acceptors (Lipinski definition) is 2. The molecule has 0 bridgehead atoms. The lowest BCUT2D eigenvalue weighted by Gasteiger charge is -2.31. The first-order chi connectivity index (χ1) is 10.1. The van der Waals surface area contributed by atoms with Crippen molar-refractivity contribution in [2.75, 3.05) is 26.7 Å². The number of nitrogens with zero attached hydrogens (tertiary/aromatic N) is 3. The first-order valence-corrected chi connectivity index (χ1v) is 8.24. The Bertz CT molecular complexity index is 488. The minimum absolute atomic E-state index is 0.295. The van der Waals surface area contributed by atoms with Crippen molar-refractivity contribution in [1.82, 2.24) is 14.4 Å². The van der Waals surface area contributed by atoms with Crippen molar-refractivity contribution < 1.29 is 4.79 Å². The van der Waals surface area contributed by atoms with Crippen molar-refractivity contribution in [1.29, 1.82) is 0 Å². The third kappa shape index (κ3) is 3.15. The smallest absolute Gasteiger partial charge is 0.223 e. The van der Waals surface area contributed by atoms with Gasteiger partial charge < -0.3 is 14.4 Å². The van der Waals surface area contributed by atoms with E-state index in [4.69, 9.17) is 0 Å². The zero-order valence-corrected chi connectivity index (χ0v) is 13.3. The van der Waals surface area contributed by atoms with Crippen LogP contribution in [-0.4, -0.2) is 47.0 Å². The third-order valence-corrected chi connectivity index (χ3v) is 5.20. The normalized spacial score (nSPS) is 24.7. The SMILES string of the molecule is CN1CCC(CC(=O)N2CCCC2c2cccn2C)CC1. The molecule has 1 unspecified atom stereocenters. The molecule has 0 spiro atoms. The fourth-order valence-electron chi connectivity index (χ4n) is 3.82. The van der Waals surface area contributed by atoms with Crippen LogP contribution in [0.15, 0.2) is 18.3 Å². The van der Waals surface area contributed by atoms with Gasteiger partial charge in [-0.25, -0.2) is 0 Å². The maximum absolute atomic E-state index is 12.7. The van der Waals surface area contributed by atoms with Crippen LogP contribution in [0.2, 0.25) is 0 Å². The first-order valence-electron chi connectivity index (χ1n) is 8.24. The van der Waals surface area contributed by atoms with Crippen molar-refractivity contribution >= 4 is 5.91 Å². The molecule has 1 amide bonds. The predicted molar refractivity (Wildman–Crippen MR) is 83.9 cm³/mol. The zero-order chi connectivity index (χ0) is 14.8. The number of piperidine rings is 1. The molecule has 2 saturated heterocycles. The van der Waals surface area contributed by atoms with E-state index in [9.17, 15) is 4.79 Å². The molecule has 2 aliphatic heterocycles. The molecule has 1 aromatic heterocycles. The first kappa shape index (κ1) is 14.6. The molecule has 1 aromatic rings. The highest BCUT2D eigenvalue weighted by Crippen LogP contribution is 2.33. The molecule has 0 radical (unpaired) electrons. The highest BCUT2D eigenvalue weighted by atomic mass is 16.2. The topological polar surface area (TPSA) is 28.5 Å². The van der Waals surface area contributed by atoms with Gasteiger partial charge in [-0.1, -0.05) is 0 Å². The third-order valence-electron chi connectivity index (χ3n) is 5.20. The fraction of sp³-hybridized carbons (Fsp3) is 0.706. The largest absolute Gasteiger partial charge is 0.353 e. The van der Waals surface area contributed by atoms with Gasteiger partial charge in [-0.2, -0.15) is 0 Å². The molecular weight excluding hydrogens is 262 g/mol. The molecule has 116 valence electrons. The highest BCUT2D eigenvalue weighted by Gasteiger charge is 2.32. The average molecular weight is 289 g/mol. The summed E-state index contributed by atoms with van der Waals surface area (Å²) in [5, 5.41) is 0. The number of amides is 1. The summed E-state index contributed by atoms with van der Waals surface area (Å²) in [7, 11) is 4.25. The molecule has 4 heteroatoms. The van der Waals surface area contributed by atoms with Crippen LogP contribution in [0, 0.1) is 5.92 Å². The Morgan fingerprint density at radius 2 is 1.95 bits per heavy atom. The van der Waals surface area contributed by atoms with Crippen LogP contribution in [-0.2, 0) is 11.8 Å². The van der Waals surface area contributed by atoms with E-state index < -0.39 is 0 Å². The second-order valence-electron chi connectivity index (χ2n) is 6.74. The van der Waals surface area contributed by atoms with E-state index in [1.807, 2.05) is 0 Å². The van der Waals surface area contributed by atoms with Crippen molar-refractivity contribution in [3.63, 3.8) is 0 Å². The molecule has 0 saturated carbocycles. The minimum atomic E-state index is 0.295. The molecule has 0 aliphatic carbocycles. The van der Waals surface area contributed by atoms with Gasteiger partial charge in [0.25, 0.3) is 0 Å². The number of carbonyl (C=O) groups excluding carboxylic acids is 1. The monoisotopic (exact) mass is 289 g/mol. The molecule has 2 aliphatic rings. The standard InChI is InChI=1S/C17H27N3O/c1-18-11-7-14(8-12-18)13-17(21)20-10-4-6-16(20)15-5-3-9-19(15)2/h3,5,9,14,16H,4,6-8,10-13H2,1-2H3. The van der Waals surface area contributed by atoms with Crippen LogP contribution >= 0.6 is 0 Å². The predicted octanol–water partition coefficient (Wildman–Crippen LogP) is 2.42. The molecule has 3 heterocycles. The molecular formula is C17H27N3O. The second kappa shape index (κ2) is 6.22. The quantitative estimate of drug-likeness (QED) is 0.855. The van der Waals surface area contributed by atoms with Gasteiger partial charge in [0.1, 0.15) is 0 Å². The van der Waals surface area contributed by atoms with E-state index in [1.165, 1.54) is 18.5 Å². The van der Waals surface area contributed by atoms with Crippen LogP contribution in [0.3, 0.4) is 0 Å². The summed E-state index contributed by atoms with van der Waals surface area (Å²) in [5.74, 6) is 0.955. The lowest BCUT2D eigenvalue weighted by molar-refractivity contribution is -0.133. The minimum Gasteiger partial charge on any atom is -0.353 e. The summed E-state index contributed by atoms with van der Waals surface area (Å²) >= 11 is 0. The van der Waals surface area contributed by atoms with Gasteiger partial charge in [-0.15, -0.1) is 0 Å². The van der Waals surface area contributed by atoms with Crippen molar-refractivity contribution in [2.24, 2.45) is 13.0 Å². The number of aromatic nitrogens is 1. The molecule has 4 nitrogen and oxygen atoms in total. The number of carbonyl (C=O) groups is 1. The van der Waals surface area contributed by atoms with Crippen LogP contribution in [0.5, 0.6) is 0 Å². The van der Waals surface area contributed by atoms with E-state index in [-0.39, 0.29) is 0 Å². The molecule has 2 fully saturated rings. The van der Waals surface area contributed by atoms with E-state index in [1.54, 1.807) is 0 Å². The summed E-state index contributed by atoms with van der Waals surface area (Å²) in [6, 6.07) is 4.53. The van der Waals surface area contributed by atoms with Crippen LogP contribution in [0.1, 0.15) is 43.8 Å². The van der Waals surface area contributed by atoms with Gasteiger partial charge in [-0.05, 0) is 63.9 Å². The van der Waals surface area contributed by atoms with E-state index in [2.05, 4.69) is 46.8 Å². The number of likely N-dealkylation sites (tertiary alicyclic amines) is 2. The lowest BCUT2D eigenvalue weighted by Crippen LogP contribution is -2.36. The Morgan fingerprint density at radius 1 is 1.19 bits per heavy atom. The Kier molecular flexibility index (Phi) is 4.34. The maximum Gasteiger partial charge on any atom is 0.223 e. The average Bonchev–Trinajstić information content (AvgIpc) is 3.09. The Labute approximate surface area is 127 Å². The van der Waals surface area contributed by atoms with E-state index in [0.717, 1.165) is 38.9 Å². The summed E-state index contributed by atoms with van der Waals surface area (Å²) in [5.41, 5.74) is 1.28. The van der Waals surface area contributed by atoms with Crippen molar-refractivity contribution in [3.8, 4) is 0 Å². The van der Waals surface area contributed by atoms with Crippen molar-refractivity contribution in [3.05, 3.63) is 24.0 Å². The van der Waals surface area contributed by atoms with Gasteiger partial charge in [-0.3, -0.25) is 4.79 Å². The number of hydrogen-bond donors (Lipinski definition) is 0. The van der Waals surface area contributed by atoms with Gasteiger partial charge >= 0.3 is 0 Å². The van der Waals surface area contributed by atoms with Gasteiger partial charge in [0.05, 0.1) is 6.04 Å². The molecule has 1 atom stereocenters. The van der Waals surface area contributed by atoms with Crippen LogP contribution in [0.25, 0.3) is 0 Å².